The molecule has 0 saturated carbocycles. The molecule has 0 aliphatic rings. The van der Waals surface area contributed by atoms with Gasteiger partial charge in [-0.2, -0.15) is 0 Å². The maximum atomic E-state index is 13.0. The number of carbonyl (C=O) groups is 1. The summed E-state index contributed by atoms with van der Waals surface area (Å²) in [6.07, 6.45) is 3.81. The summed E-state index contributed by atoms with van der Waals surface area (Å²) in [4.78, 5) is 17.4. The van der Waals surface area contributed by atoms with Gasteiger partial charge in [0.05, 0.1) is 25.6 Å². The highest BCUT2D eigenvalue weighted by atomic mass is 35.5. The monoisotopic (exact) mass is 504 g/mol. The number of nitrogens with two attached hydrogens (primary N) is 1. The van der Waals surface area contributed by atoms with E-state index in [1.165, 1.54) is 6.08 Å². The van der Waals surface area contributed by atoms with Crippen LogP contribution in [-0.2, 0) is 11.2 Å². The third kappa shape index (κ3) is 6.09. The largest absolute Gasteiger partial charge is 0.493 e. The minimum absolute atomic E-state index is 0.374. The minimum atomic E-state index is -0.374. The molecule has 4 N–H and O–H groups in total. The van der Waals surface area contributed by atoms with Crippen LogP contribution in [0.4, 0.5) is 22.9 Å². The van der Waals surface area contributed by atoms with Gasteiger partial charge >= 0.3 is 0 Å². The van der Waals surface area contributed by atoms with E-state index in [0.29, 0.717) is 51.3 Å². The molecular weight excluding hydrogens is 476 g/mol. The van der Waals surface area contributed by atoms with Crippen molar-refractivity contribution in [2.45, 2.75) is 27.2 Å². The molecule has 36 heavy (non-hydrogen) atoms. The molecule has 7 nitrogen and oxygen atoms in total. The molecule has 0 aliphatic carbocycles. The number of halogens is 1. The quantitative estimate of drug-likeness (QED) is 0.198. The van der Waals surface area contributed by atoms with Crippen LogP contribution in [-0.4, -0.2) is 25.1 Å². The second-order valence-electron chi connectivity index (χ2n) is 7.86. The number of aromatic nitrogens is 1. The lowest BCUT2D eigenvalue weighted by Gasteiger charge is -2.15. The predicted molar refractivity (Wildman–Crippen MR) is 147 cm³/mol. The van der Waals surface area contributed by atoms with Gasteiger partial charge in [0.25, 0.3) is 0 Å². The van der Waals surface area contributed by atoms with Gasteiger partial charge in [-0.25, -0.2) is 4.98 Å². The lowest BCUT2D eigenvalue weighted by Crippen LogP contribution is -2.11. The van der Waals surface area contributed by atoms with E-state index in [1.807, 2.05) is 32.0 Å². The SMILES string of the molecule is CC#C/C(=C\C(=O)Nc1cc(CC)c(Cl)cc1N)c1cccnc1Nc1cc(C)c(OC)c(OC)c1. The van der Waals surface area contributed by atoms with E-state index in [2.05, 4.69) is 27.5 Å². The van der Waals surface area contributed by atoms with Gasteiger partial charge in [-0.15, -0.1) is 5.92 Å². The number of benzene rings is 2. The van der Waals surface area contributed by atoms with Crippen LogP contribution in [0.2, 0.25) is 5.02 Å². The Kier molecular flexibility index (Phi) is 8.82. The standard InChI is InChI=1S/C28H29ClN4O3/c1-6-9-19(14-26(34)33-24-13-18(7-2)22(29)16-23(24)30)21-10-8-11-31-28(21)32-20-12-17(3)27(36-5)25(15-20)35-4/h8,10-16H,7,30H2,1-5H3,(H,31,32)(H,33,34)/b19-14+. The fourth-order valence-electron chi connectivity index (χ4n) is 3.71. The first-order valence-electron chi connectivity index (χ1n) is 11.3. The van der Waals surface area contributed by atoms with Crippen molar-refractivity contribution in [3.8, 4) is 23.3 Å². The number of hydrogen-bond acceptors (Lipinski definition) is 6. The molecule has 3 aromatic rings. The van der Waals surface area contributed by atoms with Crippen molar-refractivity contribution in [2.75, 3.05) is 30.6 Å². The Morgan fingerprint density at radius 2 is 2.00 bits per heavy atom. The number of aryl methyl sites for hydroxylation is 2. The van der Waals surface area contributed by atoms with Crippen molar-refractivity contribution in [3.63, 3.8) is 0 Å². The molecule has 0 fully saturated rings. The summed E-state index contributed by atoms with van der Waals surface area (Å²) >= 11 is 6.22. The molecule has 0 saturated heterocycles. The number of nitrogens with one attached hydrogen (secondary N) is 2. The summed E-state index contributed by atoms with van der Waals surface area (Å²) in [6.45, 7) is 5.61. The lowest BCUT2D eigenvalue weighted by molar-refractivity contribution is -0.111. The minimum Gasteiger partial charge on any atom is -0.493 e. The van der Waals surface area contributed by atoms with Crippen LogP contribution in [0.1, 0.15) is 30.5 Å². The van der Waals surface area contributed by atoms with Crippen molar-refractivity contribution in [1.82, 2.24) is 4.98 Å². The van der Waals surface area contributed by atoms with Crippen LogP contribution >= 0.6 is 11.6 Å². The summed E-state index contributed by atoms with van der Waals surface area (Å²) in [5.74, 6) is 7.29. The molecule has 2 aromatic carbocycles. The first-order chi connectivity index (χ1) is 17.3. The summed E-state index contributed by atoms with van der Waals surface area (Å²) in [5.41, 5.74) is 10.6. The number of amides is 1. The first kappa shape index (κ1) is 26.5. The number of carbonyl (C=O) groups excluding carboxylic acids is 1. The number of hydrogen-bond donors (Lipinski definition) is 3. The van der Waals surface area contributed by atoms with E-state index in [1.54, 1.807) is 45.5 Å². The van der Waals surface area contributed by atoms with Gasteiger partial charge in [-0.05, 0) is 61.7 Å². The van der Waals surface area contributed by atoms with Gasteiger partial charge in [-0.1, -0.05) is 24.4 Å². The number of ether oxygens (including phenoxy) is 2. The number of pyridine rings is 1. The summed E-state index contributed by atoms with van der Waals surface area (Å²) in [5, 5.41) is 6.71. The van der Waals surface area contributed by atoms with Gasteiger partial charge < -0.3 is 25.8 Å². The van der Waals surface area contributed by atoms with Crippen LogP contribution in [0.5, 0.6) is 11.5 Å². The zero-order valence-corrected chi connectivity index (χ0v) is 21.7. The lowest BCUT2D eigenvalue weighted by atomic mass is 10.1. The van der Waals surface area contributed by atoms with Gasteiger partial charge in [0, 0.05) is 40.2 Å². The zero-order valence-electron chi connectivity index (χ0n) is 21.0. The number of nitrogen functional groups attached to an aromatic ring is 1. The molecule has 0 bridgehead atoms. The van der Waals surface area contributed by atoms with Crippen molar-refractivity contribution in [3.05, 3.63) is 70.4 Å². The number of anilines is 4. The Balaban J connectivity index is 1.96. The summed E-state index contributed by atoms with van der Waals surface area (Å²) < 4.78 is 10.9. The Morgan fingerprint density at radius 3 is 2.67 bits per heavy atom. The average molecular weight is 505 g/mol. The van der Waals surface area contributed by atoms with Gasteiger partial charge in [0.2, 0.25) is 5.91 Å². The third-order valence-electron chi connectivity index (χ3n) is 5.42. The average Bonchev–Trinajstić information content (AvgIpc) is 2.85. The number of methoxy groups -OCH3 is 2. The van der Waals surface area contributed by atoms with Crippen molar-refractivity contribution in [1.29, 1.82) is 0 Å². The third-order valence-corrected chi connectivity index (χ3v) is 5.77. The highest BCUT2D eigenvalue weighted by Crippen LogP contribution is 2.36. The second-order valence-corrected chi connectivity index (χ2v) is 8.27. The van der Waals surface area contributed by atoms with Crippen molar-refractivity contribution < 1.29 is 14.3 Å². The Labute approximate surface area is 216 Å². The molecule has 0 radical (unpaired) electrons. The number of nitrogens with zero attached hydrogens (tertiary/aromatic N) is 1. The summed E-state index contributed by atoms with van der Waals surface area (Å²) in [7, 11) is 3.18. The normalized spacial score (nSPS) is 10.8. The molecule has 0 atom stereocenters. The highest BCUT2D eigenvalue weighted by molar-refractivity contribution is 6.32. The van der Waals surface area contributed by atoms with Crippen LogP contribution in [0.15, 0.2) is 48.7 Å². The van der Waals surface area contributed by atoms with Gasteiger partial charge in [0.15, 0.2) is 11.5 Å². The molecule has 1 amide bonds. The van der Waals surface area contributed by atoms with Crippen molar-refractivity contribution >= 4 is 46.0 Å². The zero-order chi connectivity index (χ0) is 26.2. The molecule has 0 unspecified atom stereocenters. The Hall–Kier alpha value is -4.15. The van der Waals surface area contributed by atoms with E-state index in [0.717, 1.165) is 16.8 Å². The highest BCUT2D eigenvalue weighted by Gasteiger charge is 2.14. The predicted octanol–water partition coefficient (Wildman–Crippen LogP) is 5.99. The first-order valence-corrected chi connectivity index (χ1v) is 11.7. The fraction of sp³-hybridized carbons (Fsp3) is 0.214. The molecule has 3 rings (SSSR count). The maximum Gasteiger partial charge on any atom is 0.249 e. The van der Waals surface area contributed by atoms with E-state index >= 15 is 0 Å². The molecule has 8 heteroatoms. The topological polar surface area (TPSA) is 98.5 Å². The van der Waals surface area contributed by atoms with Crippen LogP contribution < -0.4 is 25.8 Å². The van der Waals surface area contributed by atoms with Crippen LogP contribution in [0.3, 0.4) is 0 Å². The Bertz CT molecular complexity index is 1370. The molecule has 0 spiro atoms. The van der Waals surface area contributed by atoms with E-state index in [4.69, 9.17) is 26.8 Å². The second kappa shape index (κ2) is 12.0. The molecular formula is C28H29ClN4O3. The van der Waals surface area contributed by atoms with Crippen LogP contribution in [0, 0.1) is 18.8 Å². The number of allylic oxidation sites excluding steroid dienone is 1. The van der Waals surface area contributed by atoms with E-state index < -0.39 is 0 Å². The number of rotatable bonds is 8. The van der Waals surface area contributed by atoms with Gasteiger partial charge in [-0.3, -0.25) is 4.79 Å². The van der Waals surface area contributed by atoms with E-state index in [9.17, 15) is 4.79 Å². The fourth-order valence-corrected chi connectivity index (χ4v) is 4.02. The van der Waals surface area contributed by atoms with Crippen LogP contribution in [0.25, 0.3) is 5.57 Å². The Morgan fingerprint density at radius 1 is 1.22 bits per heavy atom. The molecule has 1 aromatic heterocycles. The van der Waals surface area contributed by atoms with Crippen molar-refractivity contribution in [2.24, 2.45) is 0 Å². The molecule has 186 valence electrons. The molecule has 1 heterocycles. The summed E-state index contributed by atoms with van der Waals surface area (Å²) in [6, 6.07) is 10.8. The maximum absolute atomic E-state index is 13.0. The van der Waals surface area contributed by atoms with E-state index in [-0.39, 0.29) is 5.91 Å². The molecule has 0 aliphatic heterocycles. The van der Waals surface area contributed by atoms with Gasteiger partial charge in [0.1, 0.15) is 5.82 Å². The smallest absolute Gasteiger partial charge is 0.249 e.